The first-order valence-electron chi connectivity index (χ1n) is 11.5. The fourth-order valence-corrected chi connectivity index (χ4v) is 6.18. The monoisotopic (exact) mass is 564 g/mol. The lowest BCUT2D eigenvalue weighted by atomic mass is 10.0. The second-order valence-electron chi connectivity index (χ2n) is 8.85. The molecule has 1 saturated heterocycles. The zero-order valence-corrected chi connectivity index (χ0v) is 21.3. The first-order valence-corrected chi connectivity index (χ1v) is 14.8. The van der Waals surface area contributed by atoms with E-state index in [4.69, 9.17) is 4.98 Å². The Hall–Kier alpha value is -2.29. The van der Waals surface area contributed by atoms with Crippen molar-refractivity contribution in [2.24, 2.45) is 0 Å². The Balaban J connectivity index is 1.36. The van der Waals surface area contributed by atoms with Crippen LogP contribution >= 0.6 is 30.3 Å². The summed E-state index contributed by atoms with van der Waals surface area (Å²) in [6, 6.07) is 20.1. The first-order chi connectivity index (χ1) is 16.3. The Morgan fingerprint density at radius 2 is 1.73 bits per heavy atom. The van der Waals surface area contributed by atoms with Gasteiger partial charge in [-0.15, -0.1) is 0 Å². The molecule has 0 spiro atoms. The third-order valence-electron chi connectivity index (χ3n) is 6.69. The van der Waals surface area contributed by atoms with Crippen molar-refractivity contribution in [2.75, 3.05) is 13.1 Å². The number of likely N-dealkylation sites (tertiary alicyclic amines) is 1. The molecule has 0 radical (unpaired) electrons. The van der Waals surface area contributed by atoms with Gasteiger partial charge in [-0.3, -0.25) is 8.87 Å². The summed E-state index contributed by atoms with van der Waals surface area (Å²) in [7, 11) is 1.65. The van der Waals surface area contributed by atoms with Crippen molar-refractivity contribution in [3.8, 4) is 22.3 Å². The summed E-state index contributed by atoms with van der Waals surface area (Å²) < 4.78 is 2.15. The highest BCUT2D eigenvalue weighted by atomic mass is 127. The summed E-state index contributed by atoms with van der Waals surface area (Å²) in [5.41, 5.74) is 8.36. The lowest BCUT2D eigenvalue weighted by Crippen LogP contribution is -2.28. The molecule has 1 aliphatic rings. The van der Waals surface area contributed by atoms with Crippen LogP contribution in [0.5, 0.6) is 0 Å². The number of hydrogen-bond acceptors (Lipinski definition) is 3. The van der Waals surface area contributed by atoms with Crippen LogP contribution in [-0.4, -0.2) is 31.9 Å². The van der Waals surface area contributed by atoms with Crippen LogP contribution in [0.25, 0.3) is 44.2 Å². The maximum Gasteiger partial charge on any atom is 0.151 e. The molecule has 0 aliphatic carbocycles. The summed E-state index contributed by atoms with van der Waals surface area (Å²) in [6.45, 7) is 3.51. The van der Waals surface area contributed by atoms with Crippen molar-refractivity contribution >= 4 is 52.3 Å². The molecule has 0 unspecified atom stereocenters. The molecule has 6 rings (SSSR count). The Bertz CT molecular complexity index is 1410. The number of nitrogens with zero attached hydrogens (tertiary/aromatic N) is 3. The predicted octanol–water partition coefficient (Wildman–Crippen LogP) is 7.68. The molecular weight excluding hydrogens is 539 g/mol. The van der Waals surface area contributed by atoms with Gasteiger partial charge in [0, 0.05) is 77.5 Å². The van der Waals surface area contributed by atoms with Crippen molar-refractivity contribution in [1.29, 1.82) is 0 Å². The SMILES string of the molecule is ISn1cc(-c2ccc3[nH]ccc3c2)c2cc(-c3ccc(CN4CCCCC4)cc3)cnc21. The van der Waals surface area contributed by atoms with Crippen LogP contribution in [0.3, 0.4) is 0 Å². The minimum Gasteiger partial charge on any atom is -0.361 e. The normalized spacial score (nSPS) is 14.9. The predicted molar refractivity (Wildman–Crippen MR) is 149 cm³/mol. The molecule has 0 atom stereocenters. The van der Waals surface area contributed by atoms with Gasteiger partial charge in [0.05, 0.1) is 0 Å². The Labute approximate surface area is 210 Å². The molecule has 4 nitrogen and oxygen atoms in total. The third kappa shape index (κ3) is 4.20. The summed E-state index contributed by atoms with van der Waals surface area (Å²) in [5, 5.41) is 2.41. The smallest absolute Gasteiger partial charge is 0.151 e. The van der Waals surface area contributed by atoms with Gasteiger partial charge in [0.25, 0.3) is 0 Å². The largest absolute Gasteiger partial charge is 0.361 e. The third-order valence-corrected chi connectivity index (χ3v) is 8.39. The van der Waals surface area contributed by atoms with Gasteiger partial charge in [0.15, 0.2) is 5.65 Å². The number of rotatable bonds is 5. The van der Waals surface area contributed by atoms with Crippen LogP contribution in [0.1, 0.15) is 24.8 Å². The van der Waals surface area contributed by atoms with E-state index >= 15 is 0 Å². The van der Waals surface area contributed by atoms with E-state index in [0.717, 1.165) is 23.3 Å². The van der Waals surface area contributed by atoms with Gasteiger partial charge in [0.2, 0.25) is 0 Å². The first kappa shape index (κ1) is 21.3. The van der Waals surface area contributed by atoms with Gasteiger partial charge in [-0.2, -0.15) is 0 Å². The fraction of sp³-hybridized carbons (Fsp3) is 0.222. The van der Waals surface area contributed by atoms with Crippen molar-refractivity contribution in [3.63, 3.8) is 0 Å². The molecule has 3 aromatic heterocycles. The van der Waals surface area contributed by atoms with E-state index in [1.54, 1.807) is 9.12 Å². The average molecular weight is 564 g/mol. The molecule has 33 heavy (non-hydrogen) atoms. The summed E-state index contributed by atoms with van der Waals surface area (Å²) >= 11 is 2.32. The van der Waals surface area contributed by atoms with Crippen LogP contribution in [0.4, 0.5) is 0 Å². The molecular formula is C27H25IN4S. The maximum absolute atomic E-state index is 4.87. The van der Waals surface area contributed by atoms with Gasteiger partial charge in [-0.05, 0) is 72.3 Å². The minimum atomic E-state index is 1.00. The van der Waals surface area contributed by atoms with Gasteiger partial charge >= 0.3 is 0 Å². The Morgan fingerprint density at radius 1 is 0.909 bits per heavy atom. The molecule has 6 heteroatoms. The molecule has 2 aromatic carbocycles. The summed E-state index contributed by atoms with van der Waals surface area (Å²) in [4.78, 5) is 10.7. The topological polar surface area (TPSA) is 36.9 Å². The Morgan fingerprint density at radius 3 is 2.55 bits per heavy atom. The molecule has 0 saturated carbocycles. The van der Waals surface area contributed by atoms with Crippen LogP contribution in [-0.2, 0) is 6.54 Å². The van der Waals surface area contributed by atoms with E-state index in [9.17, 15) is 0 Å². The molecule has 5 aromatic rings. The van der Waals surface area contributed by atoms with E-state index in [1.807, 2.05) is 12.4 Å². The van der Waals surface area contributed by atoms with Gasteiger partial charge in [0.1, 0.15) is 0 Å². The Kier molecular flexibility index (Phi) is 5.90. The van der Waals surface area contributed by atoms with Crippen LogP contribution in [0.2, 0.25) is 0 Å². The summed E-state index contributed by atoms with van der Waals surface area (Å²) in [5.74, 6) is 0. The number of benzene rings is 2. The second-order valence-corrected chi connectivity index (χ2v) is 10.6. The van der Waals surface area contributed by atoms with Gasteiger partial charge in [-0.1, -0.05) is 36.8 Å². The van der Waals surface area contributed by atoms with Crippen molar-refractivity contribution in [3.05, 3.63) is 78.8 Å². The zero-order valence-electron chi connectivity index (χ0n) is 18.3. The quantitative estimate of drug-likeness (QED) is 0.223. The zero-order chi connectivity index (χ0) is 22.2. The van der Waals surface area contributed by atoms with Crippen molar-refractivity contribution in [1.82, 2.24) is 18.8 Å². The number of aromatic amines is 1. The number of H-pyrrole nitrogens is 1. The van der Waals surface area contributed by atoms with Gasteiger partial charge in [-0.25, -0.2) is 4.98 Å². The van der Waals surface area contributed by atoms with Crippen LogP contribution < -0.4 is 0 Å². The van der Waals surface area contributed by atoms with Crippen molar-refractivity contribution in [2.45, 2.75) is 25.8 Å². The number of halogens is 1. The molecule has 1 fully saturated rings. The van der Waals surface area contributed by atoms with Crippen molar-refractivity contribution < 1.29 is 0 Å². The second kappa shape index (κ2) is 9.16. The van der Waals surface area contributed by atoms with E-state index in [-0.39, 0.29) is 0 Å². The van der Waals surface area contributed by atoms with E-state index in [1.165, 1.54) is 65.4 Å². The standard InChI is InChI=1S/C27H25IN4S/c28-33-32-18-25(21-8-9-26-22(14-21)10-11-29-26)24-15-23(16-30-27(24)32)20-6-4-19(5-7-20)17-31-12-2-1-3-13-31/h4-11,14-16,18,29H,1-3,12-13,17H2. The van der Waals surface area contributed by atoms with E-state index < -0.39 is 0 Å². The number of aromatic nitrogens is 3. The fourth-order valence-electron chi connectivity index (χ4n) is 4.92. The highest BCUT2D eigenvalue weighted by molar-refractivity contribution is 14.2. The van der Waals surface area contributed by atoms with Crippen LogP contribution in [0, 0.1) is 0 Å². The number of piperidine rings is 1. The molecule has 0 amide bonds. The lowest BCUT2D eigenvalue weighted by molar-refractivity contribution is 0.221. The molecule has 1 N–H and O–H groups in total. The number of fused-ring (bicyclic) bond motifs is 2. The lowest BCUT2D eigenvalue weighted by Gasteiger charge is -2.26. The molecule has 4 heterocycles. The average Bonchev–Trinajstić information content (AvgIpc) is 3.48. The van der Waals surface area contributed by atoms with E-state index in [2.05, 4.69) is 95.9 Å². The number of hydrogen-bond donors (Lipinski definition) is 1. The highest BCUT2D eigenvalue weighted by Crippen LogP contribution is 2.36. The maximum atomic E-state index is 4.87. The summed E-state index contributed by atoms with van der Waals surface area (Å²) in [6.07, 6.45) is 10.2. The van der Waals surface area contributed by atoms with Crippen LogP contribution in [0.15, 0.2) is 73.2 Å². The molecule has 0 bridgehead atoms. The number of pyridine rings is 1. The minimum absolute atomic E-state index is 1.00. The van der Waals surface area contributed by atoms with Gasteiger partial charge < -0.3 is 4.98 Å². The molecule has 1 aliphatic heterocycles. The number of nitrogens with one attached hydrogen (secondary N) is 1. The highest BCUT2D eigenvalue weighted by Gasteiger charge is 2.15. The molecule has 166 valence electrons. The van der Waals surface area contributed by atoms with E-state index in [0.29, 0.717) is 0 Å².